The van der Waals surface area contributed by atoms with Crippen LogP contribution < -0.4 is 15.7 Å². The van der Waals surface area contributed by atoms with Crippen LogP contribution in [0.3, 0.4) is 0 Å². The molecule has 0 amide bonds. The Morgan fingerprint density at radius 2 is 2.27 bits per heavy atom. The predicted octanol–water partition coefficient (Wildman–Crippen LogP) is 0.685. The molecule has 1 aliphatic rings. The van der Waals surface area contributed by atoms with Gasteiger partial charge in [0.05, 0.1) is 5.71 Å². The molecule has 1 unspecified atom stereocenters. The smallest absolute Gasteiger partial charge is 0.349 e. The molecule has 0 radical (unpaired) electrons. The molecule has 0 bridgehead atoms. The van der Waals surface area contributed by atoms with Crippen molar-refractivity contribution in [1.82, 2.24) is 9.97 Å². The Morgan fingerprint density at radius 3 is 2.93 bits per heavy atom. The molecule has 0 saturated heterocycles. The zero-order chi connectivity index (χ0) is 11.0. The molecule has 80 valence electrons. The van der Waals surface area contributed by atoms with Gasteiger partial charge < -0.3 is 10.1 Å². The Hall–Kier alpha value is -1.85. The van der Waals surface area contributed by atoms with Crippen LogP contribution in [0.15, 0.2) is 9.79 Å². The maximum atomic E-state index is 11.2. The van der Waals surface area contributed by atoms with E-state index >= 15 is 0 Å². The van der Waals surface area contributed by atoms with E-state index in [0.29, 0.717) is 11.5 Å². The third kappa shape index (κ3) is 1.58. The summed E-state index contributed by atoms with van der Waals surface area (Å²) in [5.41, 5.74) is 0.959. The first kappa shape index (κ1) is 9.70. The topological polar surface area (TPSA) is 79.4 Å². The van der Waals surface area contributed by atoms with E-state index in [1.54, 1.807) is 7.05 Å². The second-order valence-corrected chi connectivity index (χ2v) is 3.33. The van der Waals surface area contributed by atoms with Crippen molar-refractivity contribution in [1.29, 1.82) is 0 Å². The van der Waals surface area contributed by atoms with E-state index < -0.39 is 5.69 Å². The van der Waals surface area contributed by atoms with Gasteiger partial charge in [0.25, 0.3) is 0 Å². The molecule has 2 heterocycles. The lowest BCUT2D eigenvalue weighted by Crippen LogP contribution is -2.27. The monoisotopic (exact) mass is 208 g/mol. The summed E-state index contributed by atoms with van der Waals surface area (Å²) < 4.78 is 5.47. The van der Waals surface area contributed by atoms with Gasteiger partial charge in [-0.3, -0.25) is 4.98 Å². The van der Waals surface area contributed by atoms with Crippen LogP contribution in [0.2, 0.25) is 0 Å². The number of aromatic nitrogens is 2. The van der Waals surface area contributed by atoms with E-state index in [-0.39, 0.29) is 12.0 Å². The molecular formula is C9H12N4O2. The second-order valence-electron chi connectivity index (χ2n) is 3.33. The van der Waals surface area contributed by atoms with Crippen molar-refractivity contribution in [2.75, 3.05) is 12.4 Å². The number of aliphatic imine (C=N–C) groups is 1. The molecule has 6 heteroatoms. The van der Waals surface area contributed by atoms with Gasteiger partial charge in [-0.25, -0.2) is 9.79 Å². The van der Waals surface area contributed by atoms with Gasteiger partial charge in [0.1, 0.15) is 11.9 Å². The molecule has 0 spiro atoms. The Morgan fingerprint density at radius 1 is 1.53 bits per heavy atom. The van der Waals surface area contributed by atoms with Crippen molar-refractivity contribution in [2.24, 2.45) is 4.99 Å². The third-order valence-corrected chi connectivity index (χ3v) is 2.29. The van der Waals surface area contributed by atoms with Crippen LogP contribution in [-0.2, 0) is 0 Å². The molecule has 6 nitrogen and oxygen atoms in total. The van der Waals surface area contributed by atoms with Crippen LogP contribution in [0.5, 0.6) is 5.88 Å². The Balaban J connectivity index is 2.64. The fourth-order valence-electron chi connectivity index (χ4n) is 1.33. The molecule has 0 aromatic carbocycles. The van der Waals surface area contributed by atoms with Gasteiger partial charge in [0.15, 0.2) is 5.69 Å². The average molecular weight is 208 g/mol. The number of fused-ring (bicyclic) bond motifs is 1. The van der Waals surface area contributed by atoms with Crippen molar-refractivity contribution in [2.45, 2.75) is 20.0 Å². The summed E-state index contributed by atoms with van der Waals surface area (Å²) in [6, 6.07) is 0. The highest BCUT2D eigenvalue weighted by molar-refractivity contribution is 5.92. The molecule has 0 saturated carbocycles. The van der Waals surface area contributed by atoms with E-state index in [0.717, 1.165) is 5.71 Å². The summed E-state index contributed by atoms with van der Waals surface area (Å²) in [7, 11) is 1.70. The molecule has 1 aromatic rings. The average Bonchev–Trinajstić information content (AvgIpc) is 2.19. The highest BCUT2D eigenvalue weighted by Crippen LogP contribution is 2.34. The van der Waals surface area contributed by atoms with Crippen LogP contribution in [0.1, 0.15) is 13.8 Å². The first-order valence-corrected chi connectivity index (χ1v) is 4.65. The summed E-state index contributed by atoms with van der Waals surface area (Å²) >= 11 is 0. The van der Waals surface area contributed by atoms with Gasteiger partial charge in [0.2, 0.25) is 5.88 Å². The van der Waals surface area contributed by atoms with Crippen LogP contribution in [0, 0.1) is 0 Å². The van der Waals surface area contributed by atoms with Crippen molar-refractivity contribution in [3.63, 3.8) is 0 Å². The van der Waals surface area contributed by atoms with Gasteiger partial charge in [-0.2, -0.15) is 4.98 Å². The van der Waals surface area contributed by atoms with Crippen molar-refractivity contribution in [3.05, 3.63) is 10.5 Å². The summed E-state index contributed by atoms with van der Waals surface area (Å²) in [5, 5.41) is 2.85. The third-order valence-electron chi connectivity index (χ3n) is 2.29. The molecule has 15 heavy (non-hydrogen) atoms. The standard InChI is InChI=1S/C9H12N4O2/c1-4-5(2)15-8-6(11-4)7(10-3)12-9(14)13-8/h5H,1-3H3,(H2,10,12,13,14). The second kappa shape index (κ2) is 3.38. The van der Waals surface area contributed by atoms with Crippen molar-refractivity contribution >= 4 is 17.2 Å². The lowest BCUT2D eigenvalue weighted by molar-refractivity contribution is 0.270. The fraction of sp³-hybridized carbons (Fsp3) is 0.444. The van der Waals surface area contributed by atoms with Gasteiger partial charge in [0, 0.05) is 7.05 Å². The highest BCUT2D eigenvalue weighted by Gasteiger charge is 2.21. The number of nitrogens with zero attached hydrogens (tertiary/aromatic N) is 2. The predicted molar refractivity (Wildman–Crippen MR) is 57.3 cm³/mol. The number of anilines is 1. The first-order chi connectivity index (χ1) is 7.11. The summed E-state index contributed by atoms with van der Waals surface area (Å²) in [4.78, 5) is 21.8. The number of hydrogen-bond donors (Lipinski definition) is 2. The Labute approximate surface area is 86.4 Å². The van der Waals surface area contributed by atoms with Crippen LogP contribution in [0.4, 0.5) is 11.5 Å². The van der Waals surface area contributed by atoms with Crippen LogP contribution in [0.25, 0.3) is 0 Å². The van der Waals surface area contributed by atoms with E-state index in [1.165, 1.54) is 0 Å². The van der Waals surface area contributed by atoms with E-state index in [9.17, 15) is 4.79 Å². The van der Waals surface area contributed by atoms with E-state index in [4.69, 9.17) is 4.74 Å². The molecule has 1 aliphatic heterocycles. The number of hydrogen-bond acceptors (Lipinski definition) is 5. The zero-order valence-corrected chi connectivity index (χ0v) is 8.79. The molecule has 1 aromatic heterocycles. The van der Waals surface area contributed by atoms with Gasteiger partial charge in [-0.1, -0.05) is 0 Å². The van der Waals surface area contributed by atoms with Gasteiger partial charge in [-0.05, 0) is 13.8 Å². The fourth-order valence-corrected chi connectivity index (χ4v) is 1.33. The minimum absolute atomic E-state index is 0.142. The lowest BCUT2D eigenvalue weighted by atomic mass is 10.2. The highest BCUT2D eigenvalue weighted by atomic mass is 16.5. The number of nitrogens with one attached hydrogen (secondary N) is 2. The maximum absolute atomic E-state index is 11.2. The molecule has 0 aliphatic carbocycles. The number of rotatable bonds is 1. The summed E-state index contributed by atoms with van der Waals surface area (Å²) in [6.45, 7) is 3.74. The molecule has 0 fully saturated rings. The molecular weight excluding hydrogens is 196 g/mol. The number of aromatic amines is 1. The summed E-state index contributed by atoms with van der Waals surface area (Å²) in [5.74, 6) is 0.803. The first-order valence-electron chi connectivity index (χ1n) is 4.65. The van der Waals surface area contributed by atoms with Gasteiger partial charge >= 0.3 is 5.69 Å². The minimum Gasteiger partial charge on any atom is -0.467 e. The Bertz CT molecular complexity index is 477. The Kier molecular flexibility index (Phi) is 2.18. The van der Waals surface area contributed by atoms with Gasteiger partial charge in [-0.15, -0.1) is 0 Å². The number of H-pyrrole nitrogens is 1. The minimum atomic E-state index is -0.444. The van der Waals surface area contributed by atoms with Crippen LogP contribution >= 0.6 is 0 Å². The van der Waals surface area contributed by atoms with Crippen molar-refractivity contribution in [3.8, 4) is 5.88 Å². The van der Waals surface area contributed by atoms with Crippen LogP contribution in [-0.4, -0.2) is 28.8 Å². The maximum Gasteiger partial charge on any atom is 0.349 e. The quantitative estimate of drug-likeness (QED) is 0.711. The molecule has 1 atom stereocenters. The normalized spacial score (nSPS) is 18.9. The number of ether oxygens (including phenoxy) is 1. The zero-order valence-electron chi connectivity index (χ0n) is 8.79. The molecule has 2 N–H and O–H groups in total. The van der Waals surface area contributed by atoms with Crippen molar-refractivity contribution < 1.29 is 4.74 Å². The lowest BCUT2D eigenvalue weighted by Gasteiger charge is -2.21. The molecule has 2 rings (SSSR count). The van der Waals surface area contributed by atoms with E-state index in [1.807, 2.05) is 13.8 Å². The summed E-state index contributed by atoms with van der Waals surface area (Å²) in [6.07, 6.45) is -0.142. The SMILES string of the molecule is CNc1[nH]c(=O)nc2c1N=C(C)C(C)O2. The van der Waals surface area contributed by atoms with E-state index in [2.05, 4.69) is 20.3 Å². The largest absolute Gasteiger partial charge is 0.467 e.